The first-order valence-corrected chi connectivity index (χ1v) is 9.01. The molecule has 0 spiro atoms. The standard InChI is InChI=1S/C20H19FN2OS/c1-14-17(12-15-8-4-3-5-9-15)19(24)23(2)20(22-14)25-13-16-10-6-7-11-18(16)21/h3-11H,12-13H2,1-2H3. The maximum atomic E-state index is 13.8. The third-order valence-electron chi connectivity index (χ3n) is 4.09. The molecule has 0 atom stereocenters. The van der Waals surface area contributed by atoms with Crippen molar-refractivity contribution in [2.45, 2.75) is 24.3 Å². The van der Waals surface area contributed by atoms with Gasteiger partial charge in [-0.05, 0) is 24.1 Å². The van der Waals surface area contributed by atoms with Crippen molar-refractivity contribution in [2.24, 2.45) is 7.05 Å². The lowest BCUT2D eigenvalue weighted by Crippen LogP contribution is -2.25. The van der Waals surface area contributed by atoms with Crippen molar-refractivity contribution in [3.05, 3.63) is 93.2 Å². The zero-order valence-corrected chi connectivity index (χ0v) is 15.0. The Morgan fingerprint density at radius 2 is 1.76 bits per heavy atom. The zero-order chi connectivity index (χ0) is 17.8. The smallest absolute Gasteiger partial charge is 0.257 e. The highest BCUT2D eigenvalue weighted by atomic mass is 32.2. The lowest BCUT2D eigenvalue weighted by molar-refractivity contribution is 0.617. The number of rotatable bonds is 5. The molecule has 0 bridgehead atoms. The molecule has 0 aliphatic heterocycles. The third kappa shape index (κ3) is 3.99. The van der Waals surface area contributed by atoms with Gasteiger partial charge in [0.05, 0.1) is 0 Å². The second kappa shape index (κ2) is 7.66. The molecule has 0 fully saturated rings. The van der Waals surface area contributed by atoms with Crippen molar-refractivity contribution in [3.63, 3.8) is 0 Å². The van der Waals surface area contributed by atoms with E-state index in [1.54, 1.807) is 29.8 Å². The van der Waals surface area contributed by atoms with Crippen molar-refractivity contribution in [3.8, 4) is 0 Å². The molecule has 2 aromatic carbocycles. The highest BCUT2D eigenvalue weighted by molar-refractivity contribution is 7.98. The Morgan fingerprint density at radius 3 is 2.48 bits per heavy atom. The Morgan fingerprint density at radius 1 is 1.08 bits per heavy atom. The van der Waals surface area contributed by atoms with E-state index in [9.17, 15) is 9.18 Å². The van der Waals surface area contributed by atoms with E-state index in [-0.39, 0.29) is 11.4 Å². The van der Waals surface area contributed by atoms with Gasteiger partial charge in [0.15, 0.2) is 5.16 Å². The minimum Gasteiger partial charge on any atom is -0.291 e. The highest BCUT2D eigenvalue weighted by Gasteiger charge is 2.13. The van der Waals surface area contributed by atoms with Crippen LogP contribution in [-0.4, -0.2) is 9.55 Å². The SMILES string of the molecule is Cc1nc(SCc2ccccc2F)n(C)c(=O)c1Cc1ccccc1. The third-order valence-corrected chi connectivity index (χ3v) is 5.17. The summed E-state index contributed by atoms with van der Waals surface area (Å²) in [7, 11) is 1.72. The van der Waals surface area contributed by atoms with Gasteiger partial charge in [0.25, 0.3) is 5.56 Å². The van der Waals surface area contributed by atoms with E-state index in [1.807, 2.05) is 37.3 Å². The van der Waals surface area contributed by atoms with E-state index >= 15 is 0 Å². The van der Waals surface area contributed by atoms with Crippen LogP contribution in [0.3, 0.4) is 0 Å². The van der Waals surface area contributed by atoms with Gasteiger partial charge in [-0.25, -0.2) is 9.37 Å². The Balaban J connectivity index is 1.85. The van der Waals surface area contributed by atoms with Crippen LogP contribution in [0.1, 0.15) is 22.4 Å². The van der Waals surface area contributed by atoms with Gasteiger partial charge in [0, 0.05) is 30.5 Å². The summed E-state index contributed by atoms with van der Waals surface area (Å²) in [5.41, 5.74) is 3.06. The van der Waals surface area contributed by atoms with Crippen molar-refractivity contribution >= 4 is 11.8 Å². The summed E-state index contributed by atoms with van der Waals surface area (Å²) in [4.78, 5) is 17.3. The molecule has 0 saturated carbocycles. The average Bonchev–Trinajstić information content (AvgIpc) is 2.63. The van der Waals surface area contributed by atoms with Gasteiger partial charge >= 0.3 is 0 Å². The summed E-state index contributed by atoms with van der Waals surface area (Å²) < 4.78 is 15.3. The summed E-state index contributed by atoms with van der Waals surface area (Å²) in [6.07, 6.45) is 0.560. The van der Waals surface area contributed by atoms with Crippen molar-refractivity contribution in [1.82, 2.24) is 9.55 Å². The Bertz CT molecular complexity index is 938. The molecule has 1 aromatic heterocycles. The number of halogens is 1. The van der Waals surface area contributed by atoms with E-state index < -0.39 is 0 Å². The van der Waals surface area contributed by atoms with Crippen LogP contribution in [0.15, 0.2) is 64.5 Å². The number of nitrogens with zero attached hydrogens (tertiary/aromatic N) is 2. The molecule has 0 saturated heterocycles. The lowest BCUT2D eigenvalue weighted by atomic mass is 10.1. The second-order valence-corrected chi connectivity index (χ2v) is 6.81. The Hall–Kier alpha value is -2.40. The number of aromatic nitrogens is 2. The summed E-state index contributed by atoms with van der Waals surface area (Å²) in [6, 6.07) is 16.5. The van der Waals surface area contributed by atoms with E-state index in [0.717, 1.165) is 11.3 Å². The van der Waals surface area contributed by atoms with Crippen LogP contribution in [0, 0.1) is 12.7 Å². The fourth-order valence-electron chi connectivity index (χ4n) is 2.62. The normalized spacial score (nSPS) is 10.8. The molecule has 3 nitrogen and oxygen atoms in total. The molecule has 0 radical (unpaired) electrons. The van der Waals surface area contributed by atoms with Crippen molar-refractivity contribution < 1.29 is 4.39 Å². The fourth-order valence-corrected chi connectivity index (χ4v) is 3.62. The number of thioether (sulfide) groups is 1. The molecule has 1 heterocycles. The molecule has 0 aliphatic rings. The molecule has 128 valence electrons. The minimum atomic E-state index is -0.239. The van der Waals surface area contributed by atoms with Crippen LogP contribution in [0.4, 0.5) is 4.39 Å². The quantitative estimate of drug-likeness (QED) is 0.511. The molecule has 0 aliphatic carbocycles. The number of benzene rings is 2. The first-order valence-electron chi connectivity index (χ1n) is 8.03. The van der Waals surface area contributed by atoms with Gasteiger partial charge < -0.3 is 0 Å². The zero-order valence-electron chi connectivity index (χ0n) is 14.2. The van der Waals surface area contributed by atoms with E-state index in [1.165, 1.54) is 17.8 Å². The maximum Gasteiger partial charge on any atom is 0.257 e. The topological polar surface area (TPSA) is 34.9 Å². The number of hydrogen-bond acceptors (Lipinski definition) is 3. The second-order valence-electron chi connectivity index (χ2n) is 5.86. The van der Waals surface area contributed by atoms with Crippen LogP contribution >= 0.6 is 11.8 Å². The van der Waals surface area contributed by atoms with Crippen LogP contribution in [0.5, 0.6) is 0 Å². The fraction of sp³-hybridized carbons (Fsp3) is 0.200. The summed E-state index contributed by atoms with van der Waals surface area (Å²) in [5, 5.41) is 0.600. The molecule has 25 heavy (non-hydrogen) atoms. The van der Waals surface area contributed by atoms with Gasteiger partial charge in [-0.1, -0.05) is 60.3 Å². The van der Waals surface area contributed by atoms with Crippen molar-refractivity contribution in [1.29, 1.82) is 0 Å². The molecular formula is C20H19FN2OS. The largest absolute Gasteiger partial charge is 0.291 e. The summed E-state index contributed by atoms with van der Waals surface area (Å²) >= 11 is 1.37. The Labute approximate surface area is 150 Å². The highest BCUT2D eigenvalue weighted by Crippen LogP contribution is 2.22. The van der Waals surface area contributed by atoms with E-state index in [4.69, 9.17) is 0 Å². The molecular weight excluding hydrogens is 335 g/mol. The van der Waals surface area contributed by atoms with Crippen LogP contribution in [0.2, 0.25) is 0 Å². The van der Waals surface area contributed by atoms with Gasteiger partial charge in [0.2, 0.25) is 0 Å². The summed E-state index contributed by atoms with van der Waals surface area (Å²) in [5.74, 6) is 0.196. The van der Waals surface area contributed by atoms with E-state index in [2.05, 4.69) is 4.98 Å². The number of hydrogen-bond donors (Lipinski definition) is 0. The molecule has 0 unspecified atom stereocenters. The van der Waals surface area contributed by atoms with Crippen molar-refractivity contribution in [2.75, 3.05) is 0 Å². The van der Waals surface area contributed by atoms with Gasteiger partial charge in [-0.2, -0.15) is 0 Å². The minimum absolute atomic E-state index is 0.0487. The molecule has 3 rings (SSSR count). The molecule has 0 amide bonds. The first kappa shape index (κ1) is 17.4. The van der Waals surface area contributed by atoms with Crippen LogP contribution in [0.25, 0.3) is 0 Å². The number of aryl methyl sites for hydroxylation is 1. The van der Waals surface area contributed by atoms with Gasteiger partial charge in [0.1, 0.15) is 5.82 Å². The monoisotopic (exact) mass is 354 g/mol. The first-order chi connectivity index (χ1) is 12.1. The van der Waals surface area contributed by atoms with Crippen LogP contribution < -0.4 is 5.56 Å². The predicted octanol–water partition coefficient (Wildman–Crippen LogP) is 4.11. The Kier molecular flexibility index (Phi) is 5.34. The molecule has 5 heteroatoms. The van der Waals surface area contributed by atoms with Gasteiger partial charge in [-0.15, -0.1) is 0 Å². The van der Waals surface area contributed by atoms with Gasteiger partial charge in [-0.3, -0.25) is 9.36 Å². The van der Waals surface area contributed by atoms with E-state index in [0.29, 0.717) is 28.5 Å². The molecule has 0 N–H and O–H groups in total. The van der Waals surface area contributed by atoms with Crippen LogP contribution in [-0.2, 0) is 19.2 Å². The summed E-state index contributed by atoms with van der Waals surface area (Å²) in [6.45, 7) is 1.85. The maximum absolute atomic E-state index is 13.8. The molecule has 3 aromatic rings. The lowest BCUT2D eigenvalue weighted by Gasteiger charge is -2.12. The average molecular weight is 354 g/mol. The predicted molar refractivity (Wildman–Crippen MR) is 99.4 cm³/mol.